The van der Waals surface area contributed by atoms with Crippen LogP contribution in [0.4, 0.5) is 0 Å². The summed E-state index contributed by atoms with van der Waals surface area (Å²) in [7, 11) is 0. The Balaban J connectivity index is 2.03. The highest BCUT2D eigenvalue weighted by atomic mass is 16.5. The van der Waals surface area contributed by atoms with Crippen molar-refractivity contribution in [1.29, 1.82) is 0 Å². The van der Waals surface area contributed by atoms with E-state index in [1.165, 1.54) is 19.3 Å². The quantitative estimate of drug-likeness (QED) is 0.284. The van der Waals surface area contributed by atoms with Crippen molar-refractivity contribution < 1.29 is 19.4 Å². The van der Waals surface area contributed by atoms with Gasteiger partial charge in [0.2, 0.25) is 11.8 Å². The summed E-state index contributed by atoms with van der Waals surface area (Å²) in [5.41, 5.74) is 1.86. The fourth-order valence-electron chi connectivity index (χ4n) is 5.72. The average molecular weight is 473 g/mol. The van der Waals surface area contributed by atoms with Crippen molar-refractivity contribution >= 4 is 11.8 Å². The number of amides is 2. The van der Waals surface area contributed by atoms with Crippen LogP contribution >= 0.6 is 0 Å². The third kappa shape index (κ3) is 5.52. The lowest BCUT2D eigenvalue weighted by atomic mass is 9.70. The molecule has 2 amide bonds. The largest absolute Gasteiger partial charge is 0.508 e. The third-order valence-corrected chi connectivity index (χ3v) is 8.01. The molecule has 0 saturated heterocycles. The molecule has 34 heavy (non-hydrogen) atoms. The standard InChI is InChI=1S/C28H44N2O4/c1-6-9-10-13-18(4)19(5)20-16-23(31)27-21-14-11-12-15-22(21)28(29-25(32)7-2,30-26(33)8-3)34-24(27)17-20/h16-19,21-22,31H,6-15H2,1-5H3,(H,29,32)(H,30,33). The highest BCUT2D eigenvalue weighted by molar-refractivity contribution is 5.80. The van der Waals surface area contributed by atoms with Gasteiger partial charge in [0.05, 0.1) is 0 Å². The molecule has 3 N–H and O–H groups in total. The van der Waals surface area contributed by atoms with Crippen LogP contribution in [0.15, 0.2) is 12.1 Å². The van der Waals surface area contributed by atoms with Gasteiger partial charge in [-0.1, -0.05) is 73.1 Å². The Morgan fingerprint density at radius 1 is 1.06 bits per heavy atom. The first-order valence-electron chi connectivity index (χ1n) is 13.4. The van der Waals surface area contributed by atoms with Gasteiger partial charge in [-0.25, -0.2) is 0 Å². The maximum absolute atomic E-state index is 12.6. The Morgan fingerprint density at radius 2 is 1.71 bits per heavy atom. The molecule has 190 valence electrons. The molecule has 1 heterocycles. The molecular formula is C28H44N2O4. The van der Waals surface area contributed by atoms with E-state index in [2.05, 4.69) is 31.4 Å². The minimum Gasteiger partial charge on any atom is -0.508 e. The SMILES string of the molecule is CCCCCC(C)C(C)c1cc(O)c2c(c1)OC(NC(=O)CC)(NC(=O)CC)C1CCCCC21. The zero-order chi connectivity index (χ0) is 24.9. The van der Waals surface area contributed by atoms with Crippen molar-refractivity contribution in [2.75, 3.05) is 0 Å². The fraction of sp³-hybridized carbons (Fsp3) is 0.714. The smallest absolute Gasteiger partial charge is 0.266 e. The number of hydrogen-bond acceptors (Lipinski definition) is 4. The number of phenolic OH excluding ortho intramolecular Hbond substituents is 1. The molecule has 4 atom stereocenters. The van der Waals surface area contributed by atoms with Gasteiger partial charge in [0.1, 0.15) is 11.5 Å². The van der Waals surface area contributed by atoms with Gasteiger partial charge in [0.15, 0.2) is 0 Å². The molecule has 1 aliphatic heterocycles. The van der Waals surface area contributed by atoms with Crippen LogP contribution in [-0.4, -0.2) is 22.8 Å². The molecule has 1 aromatic carbocycles. The van der Waals surface area contributed by atoms with Gasteiger partial charge in [0.25, 0.3) is 5.85 Å². The minimum atomic E-state index is -1.29. The van der Waals surface area contributed by atoms with Gasteiger partial charge in [-0.2, -0.15) is 0 Å². The second-order valence-corrected chi connectivity index (χ2v) is 10.4. The highest BCUT2D eigenvalue weighted by Gasteiger charge is 2.53. The Hall–Kier alpha value is -2.24. The topological polar surface area (TPSA) is 87.7 Å². The number of nitrogens with one attached hydrogen (secondary N) is 2. The van der Waals surface area contributed by atoms with Crippen molar-refractivity contribution in [2.45, 2.75) is 117 Å². The van der Waals surface area contributed by atoms with E-state index in [0.29, 0.717) is 24.5 Å². The van der Waals surface area contributed by atoms with Gasteiger partial charge in [-0.3, -0.25) is 9.59 Å². The second kappa shape index (κ2) is 11.5. The van der Waals surface area contributed by atoms with Crippen LogP contribution in [0.3, 0.4) is 0 Å². The molecule has 0 bridgehead atoms. The highest BCUT2D eigenvalue weighted by Crippen LogP contribution is 2.54. The molecule has 1 aromatic rings. The third-order valence-electron chi connectivity index (χ3n) is 8.01. The number of benzene rings is 1. The average Bonchev–Trinajstić information content (AvgIpc) is 2.83. The number of carbonyl (C=O) groups is 2. The normalized spacial score (nSPS) is 22.5. The first-order valence-corrected chi connectivity index (χ1v) is 13.4. The summed E-state index contributed by atoms with van der Waals surface area (Å²) < 4.78 is 6.56. The monoisotopic (exact) mass is 472 g/mol. The van der Waals surface area contributed by atoms with E-state index < -0.39 is 5.85 Å². The van der Waals surface area contributed by atoms with Gasteiger partial charge < -0.3 is 20.5 Å². The fourth-order valence-corrected chi connectivity index (χ4v) is 5.72. The molecule has 0 aromatic heterocycles. The van der Waals surface area contributed by atoms with Crippen molar-refractivity contribution in [1.82, 2.24) is 10.6 Å². The van der Waals surface area contributed by atoms with Crippen LogP contribution < -0.4 is 15.4 Å². The van der Waals surface area contributed by atoms with E-state index in [1.54, 1.807) is 13.8 Å². The lowest BCUT2D eigenvalue weighted by Gasteiger charge is -2.50. The minimum absolute atomic E-state index is 0.0122. The van der Waals surface area contributed by atoms with Gasteiger partial charge >= 0.3 is 0 Å². The predicted octanol–water partition coefficient (Wildman–Crippen LogP) is 6.08. The zero-order valence-corrected chi connectivity index (χ0v) is 21.7. The molecular weight excluding hydrogens is 428 g/mol. The van der Waals surface area contributed by atoms with Crippen molar-refractivity contribution in [3.63, 3.8) is 0 Å². The maximum atomic E-state index is 12.6. The van der Waals surface area contributed by atoms with E-state index in [9.17, 15) is 14.7 Å². The predicted molar refractivity (Wildman–Crippen MR) is 135 cm³/mol. The molecule has 0 spiro atoms. The van der Waals surface area contributed by atoms with Crippen molar-refractivity contribution in [3.8, 4) is 11.5 Å². The van der Waals surface area contributed by atoms with Crippen LogP contribution in [0.2, 0.25) is 0 Å². The molecule has 1 saturated carbocycles. The van der Waals surface area contributed by atoms with E-state index in [4.69, 9.17) is 4.74 Å². The molecule has 6 nitrogen and oxygen atoms in total. The van der Waals surface area contributed by atoms with E-state index in [-0.39, 0.29) is 35.3 Å². The van der Waals surface area contributed by atoms with E-state index in [0.717, 1.165) is 43.2 Å². The van der Waals surface area contributed by atoms with Gasteiger partial charge in [-0.15, -0.1) is 0 Å². The first-order chi connectivity index (χ1) is 16.3. The first kappa shape index (κ1) is 26.4. The van der Waals surface area contributed by atoms with Crippen LogP contribution in [0.25, 0.3) is 0 Å². The summed E-state index contributed by atoms with van der Waals surface area (Å²) in [5, 5.41) is 17.3. The molecule has 2 aliphatic rings. The molecule has 0 radical (unpaired) electrons. The second-order valence-electron chi connectivity index (χ2n) is 10.4. The summed E-state index contributed by atoms with van der Waals surface area (Å²) in [6.45, 7) is 10.3. The summed E-state index contributed by atoms with van der Waals surface area (Å²) in [6, 6.07) is 3.95. The van der Waals surface area contributed by atoms with Crippen LogP contribution in [-0.2, 0) is 9.59 Å². The number of fused-ring (bicyclic) bond motifs is 3. The molecule has 1 aliphatic carbocycles. The van der Waals surface area contributed by atoms with E-state index in [1.807, 2.05) is 12.1 Å². The molecule has 1 fully saturated rings. The Bertz CT molecular complexity index is 850. The summed E-state index contributed by atoms with van der Waals surface area (Å²) in [5.74, 6) is -0.165. The number of aromatic hydroxyl groups is 1. The number of unbranched alkanes of at least 4 members (excludes halogenated alkanes) is 2. The lowest BCUT2D eigenvalue weighted by Crippen LogP contribution is -2.71. The molecule has 3 rings (SSSR count). The number of rotatable bonds is 10. The molecule has 4 unspecified atom stereocenters. The van der Waals surface area contributed by atoms with Gasteiger partial charge in [0, 0.05) is 30.2 Å². The number of hydrogen-bond donors (Lipinski definition) is 3. The van der Waals surface area contributed by atoms with Crippen LogP contribution in [0, 0.1) is 11.8 Å². The summed E-state index contributed by atoms with van der Waals surface area (Å²) in [6.07, 6.45) is 9.12. The maximum Gasteiger partial charge on any atom is 0.266 e. The number of phenols is 1. The molecule has 6 heteroatoms. The van der Waals surface area contributed by atoms with E-state index >= 15 is 0 Å². The van der Waals surface area contributed by atoms with Crippen LogP contribution in [0.5, 0.6) is 11.5 Å². The lowest BCUT2D eigenvalue weighted by molar-refractivity contribution is -0.148. The van der Waals surface area contributed by atoms with Crippen molar-refractivity contribution in [3.05, 3.63) is 23.3 Å². The Morgan fingerprint density at radius 3 is 2.32 bits per heavy atom. The summed E-state index contributed by atoms with van der Waals surface area (Å²) in [4.78, 5) is 25.2. The Kier molecular flexibility index (Phi) is 8.89. The Labute approximate surface area is 205 Å². The number of ether oxygens (including phenoxy) is 1. The summed E-state index contributed by atoms with van der Waals surface area (Å²) >= 11 is 0. The van der Waals surface area contributed by atoms with Crippen LogP contribution in [0.1, 0.15) is 122 Å². The number of carbonyl (C=O) groups excluding carboxylic acids is 2. The van der Waals surface area contributed by atoms with Crippen molar-refractivity contribution in [2.24, 2.45) is 11.8 Å². The zero-order valence-electron chi connectivity index (χ0n) is 21.7. The van der Waals surface area contributed by atoms with Gasteiger partial charge in [-0.05, 0) is 42.4 Å².